The van der Waals surface area contributed by atoms with Crippen molar-refractivity contribution in [1.82, 2.24) is 0 Å². The van der Waals surface area contributed by atoms with E-state index in [9.17, 15) is 4.79 Å². The van der Waals surface area contributed by atoms with Crippen LogP contribution in [0.4, 0.5) is 5.69 Å². The van der Waals surface area contributed by atoms with Crippen LogP contribution in [0.2, 0.25) is 0 Å². The summed E-state index contributed by atoms with van der Waals surface area (Å²) in [4.78, 5) is 13.1. The fraction of sp³-hybridized carbons (Fsp3) is 0.381. The summed E-state index contributed by atoms with van der Waals surface area (Å²) >= 11 is 0. The van der Waals surface area contributed by atoms with Gasteiger partial charge in [0.15, 0.2) is 0 Å². The number of rotatable bonds is 5. The smallest absolute Gasteiger partial charge is 0.328 e. The molecule has 1 aromatic rings. The van der Waals surface area contributed by atoms with Gasteiger partial charge in [-0.05, 0) is 74.9 Å². The zero-order chi connectivity index (χ0) is 17.7. The number of fused-ring (bicyclic) bond motifs is 1. The summed E-state index contributed by atoms with van der Waals surface area (Å²) in [6.07, 6.45) is 9.30. The molecule has 1 aliphatic heterocycles. The molecular weight excluding hydrogens is 298 g/mol. The molecule has 0 saturated carbocycles. The molecule has 24 heavy (non-hydrogen) atoms. The van der Waals surface area contributed by atoms with E-state index >= 15 is 0 Å². The number of benzene rings is 1. The van der Waals surface area contributed by atoms with Crippen molar-refractivity contribution in [3.63, 3.8) is 0 Å². The van der Waals surface area contributed by atoms with Gasteiger partial charge in [-0.2, -0.15) is 0 Å². The van der Waals surface area contributed by atoms with Crippen molar-refractivity contribution in [3.05, 3.63) is 59.2 Å². The molecule has 0 fully saturated rings. The Morgan fingerprint density at radius 2 is 2.04 bits per heavy atom. The van der Waals surface area contributed by atoms with Gasteiger partial charge >= 0.3 is 5.97 Å². The van der Waals surface area contributed by atoms with Gasteiger partial charge in [-0.15, -0.1) is 0 Å². The Kier molecular flexibility index (Phi) is 6.02. The van der Waals surface area contributed by atoms with Gasteiger partial charge in [0.1, 0.15) is 0 Å². The van der Waals surface area contributed by atoms with E-state index < -0.39 is 5.97 Å². The van der Waals surface area contributed by atoms with Gasteiger partial charge in [-0.25, -0.2) is 4.79 Å². The average Bonchev–Trinajstić information content (AvgIpc) is 2.52. The fourth-order valence-electron chi connectivity index (χ4n) is 3.09. The number of nitrogens with zero attached hydrogens (tertiary/aromatic N) is 1. The predicted molar refractivity (Wildman–Crippen MR) is 101 cm³/mol. The minimum atomic E-state index is -0.915. The van der Waals surface area contributed by atoms with Crippen LogP contribution in [0.15, 0.2) is 48.1 Å². The second kappa shape index (κ2) is 8.00. The number of carboxylic acids is 1. The van der Waals surface area contributed by atoms with Crippen LogP contribution in [-0.4, -0.2) is 23.7 Å². The molecule has 0 spiro atoms. The number of carbonyl (C=O) groups is 1. The predicted octanol–water partition coefficient (Wildman–Crippen LogP) is 4.84. The molecule has 3 nitrogen and oxygen atoms in total. The zero-order valence-corrected chi connectivity index (χ0v) is 15.0. The van der Waals surface area contributed by atoms with Gasteiger partial charge in [-0.3, -0.25) is 0 Å². The maximum absolute atomic E-state index is 10.6. The Morgan fingerprint density at radius 1 is 1.29 bits per heavy atom. The Balaban J connectivity index is 2.19. The molecule has 0 bridgehead atoms. The third-order valence-electron chi connectivity index (χ3n) is 4.37. The molecule has 0 aromatic heterocycles. The van der Waals surface area contributed by atoms with Crippen LogP contribution in [0.5, 0.6) is 0 Å². The molecule has 1 N–H and O–H groups in total. The van der Waals surface area contributed by atoms with Crippen molar-refractivity contribution < 1.29 is 9.90 Å². The van der Waals surface area contributed by atoms with Gasteiger partial charge in [-0.1, -0.05) is 24.3 Å². The number of hydrogen-bond donors (Lipinski definition) is 1. The number of hydrogen-bond acceptors (Lipinski definition) is 2. The number of aryl methyl sites for hydroxylation is 1. The molecule has 0 radical (unpaired) electrons. The van der Waals surface area contributed by atoms with Crippen LogP contribution >= 0.6 is 0 Å². The van der Waals surface area contributed by atoms with Crippen molar-refractivity contribution in [1.29, 1.82) is 0 Å². The third kappa shape index (κ3) is 4.60. The molecule has 1 aliphatic rings. The minimum absolute atomic E-state index is 0.526. The highest BCUT2D eigenvalue weighted by atomic mass is 16.4. The summed E-state index contributed by atoms with van der Waals surface area (Å²) < 4.78 is 0. The van der Waals surface area contributed by atoms with E-state index in [-0.39, 0.29) is 0 Å². The molecule has 3 heteroatoms. The lowest BCUT2D eigenvalue weighted by atomic mass is 9.95. The third-order valence-corrected chi connectivity index (χ3v) is 4.37. The summed E-state index contributed by atoms with van der Waals surface area (Å²) in [5.74, 6) is -0.915. The average molecular weight is 325 g/mol. The molecule has 0 atom stereocenters. The molecular formula is C21H27NO2. The number of allylic oxidation sites excluding steroid dienone is 5. The van der Waals surface area contributed by atoms with E-state index in [4.69, 9.17) is 5.11 Å². The summed E-state index contributed by atoms with van der Waals surface area (Å²) in [5, 5.41) is 8.71. The van der Waals surface area contributed by atoms with E-state index in [1.807, 2.05) is 18.2 Å². The van der Waals surface area contributed by atoms with Crippen LogP contribution < -0.4 is 4.90 Å². The number of anilines is 1. The van der Waals surface area contributed by atoms with Gasteiger partial charge in [0.2, 0.25) is 0 Å². The van der Waals surface area contributed by atoms with Crippen molar-refractivity contribution in [3.8, 4) is 0 Å². The van der Waals surface area contributed by atoms with Gasteiger partial charge < -0.3 is 10.0 Å². The maximum atomic E-state index is 10.6. The Hall–Kier alpha value is -2.29. The summed E-state index contributed by atoms with van der Waals surface area (Å²) in [7, 11) is 0. The van der Waals surface area contributed by atoms with Crippen molar-refractivity contribution in [2.24, 2.45) is 0 Å². The first kappa shape index (κ1) is 18.1. The monoisotopic (exact) mass is 325 g/mol. The lowest BCUT2D eigenvalue weighted by molar-refractivity contribution is -0.131. The van der Waals surface area contributed by atoms with Crippen molar-refractivity contribution in [2.45, 2.75) is 46.6 Å². The number of aliphatic carboxylic acids is 1. The molecule has 0 saturated heterocycles. The highest BCUT2D eigenvalue weighted by Gasteiger charge is 2.19. The van der Waals surface area contributed by atoms with Gasteiger partial charge in [0.25, 0.3) is 0 Å². The Bertz CT molecular complexity index is 696. The van der Waals surface area contributed by atoms with Crippen LogP contribution in [0.25, 0.3) is 5.57 Å². The SMILES string of the molecule is CC(C=CC=C(C)c1ccc2c(c1)CCCN2C(C)C)=CC(=O)O. The molecule has 0 unspecified atom stereocenters. The van der Waals surface area contributed by atoms with Crippen LogP contribution in [0, 0.1) is 0 Å². The second-order valence-corrected chi connectivity index (χ2v) is 6.67. The first-order chi connectivity index (χ1) is 11.4. The van der Waals surface area contributed by atoms with Crippen molar-refractivity contribution in [2.75, 3.05) is 11.4 Å². The molecule has 0 amide bonds. The molecule has 0 aliphatic carbocycles. The first-order valence-corrected chi connectivity index (χ1v) is 8.54. The van der Waals surface area contributed by atoms with E-state index in [2.05, 4.69) is 43.9 Å². The fourth-order valence-corrected chi connectivity index (χ4v) is 3.09. The summed E-state index contributed by atoms with van der Waals surface area (Å²) in [6, 6.07) is 7.24. The standard InChI is InChI=1S/C21H27NO2/c1-15(2)22-12-6-9-19-14-18(10-11-20(19)22)17(4)8-5-7-16(3)13-21(23)24/h5,7-8,10-11,13-15H,6,9,12H2,1-4H3,(H,23,24). The molecule has 2 rings (SSSR count). The quantitative estimate of drug-likeness (QED) is 0.622. The highest BCUT2D eigenvalue weighted by molar-refractivity contribution is 5.81. The molecule has 1 aromatic carbocycles. The lowest BCUT2D eigenvalue weighted by Crippen LogP contribution is -2.35. The first-order valence-electron chi connectivity index (χ1n) is 8.54. The van der Waals surface area contributed by atoms with Gasteiger partial charge in [0, 0.05) is 24.4 Å². The Morgan fingerprint density at radius 3 is 2.71 bits per heavy atom. The van der Waals surface area contributed by atoms with Crippen LogP contribution in [0.3, 0.4) is 0 Å². The second-order valence-electron chi connectivity index (χ2n) is 6.67. The van der Waals surface area contributed by atoms with Gasteiger partial charge in [0.05, 0.1) is 0 Å². The van der Waals surface area contributed by atoms with Crippen LogP contribution in [0.1, 0.15) is 45.2 Å². The van der Waals surface area contributed by atoms with Crippen molar-refractivity contribution >= 4 is 17.2 Å². The topological polar surface area (TPSA) is 40.5 Å². The molecule has 1 heterocycles. The van der Waals surface area contributed by atoms with E-state index in [0.717, 1.165) is 18.5 Å². The highest BCUT2D eigenvalue weighted by Crippen LogP contribution is 2.31. The summed E-state index contributed by atoms with van der Waals surface area (Å²) in [6.45, 7) is 9.49. The normalized spacial score (nSPS) is 16.0. The number of carboxylic acid groups (broad SMARTS) is 1. The van der Waals surface area contributed by atoms with E-state index in [1.165, 1.54) is 34.9 Å². The summed E-state index contributed by atoms with van der Waals surface area (Å²) in [5.41, 5.74) is 5.92. The zero-order valence-electron chi connectivity index (χ0n) is 15.0. The largest absolute Gasteiger partial charge is 0.478 e. The van der Waals surface area contributed by atoms with Crippen LogP contribution in [-0.2, 0) is 11.2 Å². The van der Waals surface area contributed by atoms with E-state index in [0.29, 0.717) is 6.04 Å². The van der Waals surface area contributed by atoms with E-state index in [1.54, 1.807) is 6.92 Å². The minimum Gasteiger partial charge on any atom is -0.478 e. The Labute approximate surface area is 145 Å². The maximum Gasteiger partial charge on any atom is 0.328 e. The molecule has 128 valence electrons. The lowest BCUT2D eigenvalue weighted by Gasteiger charge is -2.35.